The van der Waals surface area contributed by atoms with Gasteiger partial charge in [-0.3, -0.25) is 4.79 Å². The van der Waals surface area contributed by atoms with Crippen molar-refractivity contribution in [3.63, 3.8) is 0 Å². The Balaban J connectivity index is 1.79. The molecule has 0 aliphatic carbocycles. The molecule has 0 radical (unpaired) electrons. The summed E-state index contributed by atoms with van der Waals surface area (Å²) in [5.41, 5.74) is 1.89. The molecule has 0 atom stereocenters. The van der Waals surface area contributed by atoms with Gasteiger partial charge in [-0.2, -0.15) is 0 Å². The monoisotopic (exact) mass is 426 g/mol. The van der Waals surface area contributed by atoms with Crippen LogP contribution >= 0.6 is 0 Å². The van der Waals surface area contributed by atoms with Gasteiger partial charge in [0, 0.05) is 18.7 Å². The quantitative estimate of drug-likeness (QED) is 0.607. The molecule has 10 heteroatoms. The van der Waals surface area contributed by atoms with Crippen molar-refractivity contribution in [2.75, 3.05) is 31.2 Å². The van der Waals surface area contributed by atoms with E-state index in [9.17, 15) is 9.90 Å². The molecule has 10 nitrogen and oxygen atoms in total. The third-order valence-electron chi connectivity index (χ3n) is 4.72. The minimum atomic E-state index is -0.600. The maximum absolute atomic E-state index is 12.4. The molecule has 0 amide bonds. The Hall–Kier alpha value is -3.11. The minimum Gasteiger partial charge on any atom is -0.459 e. The summed E-state index contributed by atoms with van der Waals surface area (Å²) in [6.07, 6.45) is 0. The van der Waals surface area contributed by atoms with Crippen molar-refractivity contribution in [1.82, 2.24) is 25.0 Å². The standard InChI is InChI=1S/C21H26N6O4/c1-21(2,3)31-16(29)12-27-20-17(24-25-27)19(26-7-9-30-10-8-26)22-18(23-20)15-6-4-5-14(11-15)13-28/h4-6,11,28H,7-10,12-13H2,1-3H3. The highest BCUT2D eigenvalue weighted by Crippen LogP contribution is 2.27. The highest BCUT2D eigenvalue weighted by molar-refractivity contribution is 5.86. The van der Waals surface area contributed by atoms with E-state index in [1.807, 2.05) is 45.0 Å². The molecule has 2 aromatic heterocycles. The first-order chi connectivity index (χ1) is 14.8. The second-order valence-corrected chi connectivity index (χ2v) is 8.33. The number of carbonyl (C=O) groups is 1. The molecule has 0 unspecified atom stereocenters. The zero-order valence-corrected chi connectivity index (χ0v) is 17.9. The van der Waals surface area contributed by atoms with E-state index in [1.54, 1.807) is 0 Å². The van der Waals surface area contributed by atoms with Gasteiger partial charge >= 0.3 is 5.97 Å². The molecule has 1 fully saturated rings. The Labute approximate surface area is 179 Å². The average Bonchev–Trinajstić information content (AvgIpc) is 3.15. The van der Waals surface area contributed by atoms with E-state index >= 15 is 0 Å². The lowest BCUT2D eigenvalue weighted by Crippen LogP contribution is -2.37. The Morgan fingerprint density at radius 2 is 2.00 bits per heavy atom. The molecule has 3 aromatic rings. The Morgan fingerprint density at radius 1 is 1.23 bits per heavy atom. The number of esters is 1. The van der Waals surface area contributed by atoms with E-state index in [0.29, 0.717) is 49.1 Å². The molecule has 1 aliphatic rings. The number of rotatable bonds is 5. The minimum absolute atomic E-state index is 0.0788. The van der Waals surface area contributed by atoms with Gasteiger partial charge in [0.15, 0.2) is 22.8 Å². The fourth-order valence-corrected chi connectivity index (χ4v) is 3.38. The molecule has 3 heterocycles. The number of aliphatic hydroxyl groups excluding tert-OH is 1. The van der Waals surface area contributed by atoms with Crippen LogP contribution in [0, 0.1) is 0 Å². The van der Waals surface area contributed by atoms with Crippen molar-refractivity contribution in [2.45, 2.75) is 39.5 Å². The molecule has 164 valence electrons. The average molecular weight is 426 g/mol. The highest BCUT2D eigenvalue weighted by Gasteiger charge is 2.24. The van der Waals surface area contributed by atoms with Gasteiger partial charge in [0.1, 0.15) is 12.1 Å². The molecule has 1 aromatic carbocycles. The SMILES string of the molecule is CC(C)(C)OC(=O)Cn1nnc2c(N3CCOCC3)nc(-c3cccc(CO)c3)nc21. The Bertz CT molecular complexity index is 1090. The fourth-order valence-electron chi connectivity index (χ4n) is 3.38. The molecule has 1 saturated heterocycles. The number of hydrogen-bond acceptors (Lipinski definition) is 9. The van der Waals surface area contributed by atoms with E-state index in [1.165, 1.54) is 4.68 Å². The first kappa shape index (κ1) is 21.1. The van der Waals surface area contributed by atoms with Gasteiger partial charge in [-0.15, -0.1) is 5.10 Å². The van der Waals surface area contributed by atoms with Crippen molar-refractivity contribution >= 4 is 23.0 Å². The van der Waals surface area contributed by atoms with E-state index in [-0.39, 0.29) is 13.2 Å². The molecule has 0 saturated carbocycles. The van der Waals surface area contributed by atoms with Crippen LogP contribution < -0.4 is 4.90 Å². The van der Waals surface area contributed by atoms with E-state index in [2.05, 4.69) is 20.2 Å². The third-order valence-corrected chi connectivity index (χ3v) is 4.72. The maximum Gasteiger partial charge on any atom is 0.328 e. The predicted octanol–water partition coefficient (Wildman–Crippen LogP) is 1.56. The molecule has 1 N–H and O–H groups in total. The second kappa shape index (κ2) is 8.56. The summed E-state index contributed by atoms with van der Waals surface area (Å²) in [4.78, 5) is 23.9. The zero-order chi connectivity index (χ0) is 22.0. The van der Waals surface area contributed by atoms with Gasteiger partial charge in [0.25, 0.3) is 0 Å². The summed E-state index contributed by atoms with van der Waals surface area (Å²) in [5.74, 6) is 0.694. The molecule has 0 spiro atoms. The maximum atomic E-state index is 12.4. The van der Waals surface area contributed by atoms with Gasteiger partial charge in [0.05, 0.1) is 19.8 Å². The van der Waals surface area contributed by atoms with Crippen molar-refractivity contribution < 1.29 is 19.4 Å². The Morgan fingerprint density at radius 3 is 2.71 bits per heavy atom. The molecule has 31 heavy (non-hydrogen) atoms. The van der Waals surface area contributed by atoms with Crippen LogP contribution in [0.25, 0.3) is 22.6 Å². The number of benzene rings is 1. The number of fused-ring (bicyclic) bond motifs is 1. The van der Waals surface area contributed by atoms with Crippen LogP contribution in [0.2, 0.25) is 0 Å². The van der Waals surface area contributed by atoms with E-state index < -0.39 is 11.6 Å². The number of aromatic nitrogens is 5. The number of hydrogen-bond donors (Lipinski definition) is 1. The van der Waals surface area contributed by atoms with Crippen LogP contribution in [0.4, 0.5) is 5.82 Å². The second-order valence-electron chi connectivity index (χ2n) is 8.33. The highest BCUT2D eigenvalue weighted by atomic mass is 16.6. The number of carbonyl (C=O) groups excluding carboxylic acids is 1. The molecule has 1 aliphatic heterocycles. The van der Waals surface area contributed by atoms with Crippen LogP contribution in [0.1, 0.15) is 26.3 Å². The van der Waals surface area contributed by atoms with Crippen molar-refractivity contribution in [3.8, 4) is 11.4 Å². The lowest BCUT2D eigenvalue weighted by Gasteiger charge is -2.28. The fraction of sp³-hybridized carbons (Fsp3) is 0.476. The first-order valence-electron chi connectivity index (χ1n) is 10.2. The summed E-state index contributed by atoms with van der Waals surface area (Å²) in [5, 5.41) is 17.9. The summed E-state index contributed by atoms with van der Waals surface area (Å²) in [6, 6.07) is 7.40. The molecule has 0 bridgehead atoms. The van der Waals surface area contributed by atoms with Crippen LogP contribution in [-0.4, -0.2) is 67.9 Å². The predicted molar refractivity (Wildman–Crippen MR) is 113 cm³/mol. The van der Waals surface area contributed by atoms with Gasteiger partial charge in [0.2, 0.25) is 0 Å². The number of nitrogens with zero attached hydrogens (tertiary/aromatic N) is 6. The van der Waals surface area contributed by atoms with Crippen molar-refractivity contribution in [2.24, 2.45) is 0 Å². The van der Waals surface area contributed by atoms with Crippen molar-refractivity contribution in [1.29, 1.82) is 0 Å². The number of anilines is 1. The van der Waals surface area contributed by atoms with Gasteiger partial charge in [-0.05, 0) is 32.4 Å². The van der Waals surface area contributed by atoms with Gasteiger partial charge < -0.3 is 19.5 Å². The summed E-state index contributed by atoms with van der Waals surface area (Å²) < 4.78 is 12.3. The van der Waals surface area contributed by atoms with Gasteiger partial charge in [-0.25, -0.2) is 14.6 Å². The van der Waals surface area contributed by atoms with Crippen LogP contribution in [-0.2, 0) is 27.4 Å². The molecule has 4 rings (SSSR count). The third kappa shape index (κ3) is 4.80. The number of morpholine rings is 1. The topological polar surface area (TPSA) is 115 Å². The van der Waals surface area contributed by atoms with Gasteiger partial charge in [-0.1, -0.05) is 23.4 Å². The normalized spacial score (nSPS) is 14.8. The van der Waals surface area contributed by atoms with Crippen LogP contribution in [0.5, 0.6) is 0 Å². The summed E-state index contributed by atoms with van der Waals surface area (Å²) in [6.45, 7) is 7.77. The number of aliphatic hydroxyl groups is 1. The van der Waals surface area contributed by atoms with Crippen molar-refractivity contribution in [3.05, 3.63) is 29.8 Å². The van der Waals surface area contributed by atoms with Crippen LogP contribution in [0.3, 0.4) is 0 Å². The smallest absolute Gasteiger partial charge is 0.328 e. The zero-order valence-electron chi connectivity index (χ0n) is 17.9. The Kier molecular flexibility index (Phi) is 5.84. The lowest BCUT2D eigenvalue weighted by atomic mass is 10.1. The lowest BCUT2D eigenvalue weighted by molar-refractivity contribution is -0.155. The van der Waals surface area contributed by atoms with Crippen LogP contribution in [0.15, 0.2) is 24.3 Å². The molecular formula is C21H26N6O4. The van der Waals surface area contributed by atoms with E-state index in [4.69, 9.17) is 14.5 Å². The summed E-state index contributed by atoms with van der Waals surface area (Å²) >= 11 is 0. The summed E-state index contributed by atoms with van der Waals surface area (Å²) in [7, 11) is 0. The van der Waals surface area contributed by atoms with E-state index in [0.717, 1.165) is 11.1 Å². The largest absolute Gasteiger partial charge is 0.459 e. The number of ether oxygens (including phenoxy) is 2. The molecular weight excluding hydrogens is 400 g/mol. The first-order valence-corrected chi connectivity index (χ1v) is 10.2.